The summed E-state index contributed by atoms with van der Waals surface area (Å²) < 4.78 is 28.1. The number of rotatable bonds is 5. The fourth-order valence-electron chi connectivity index (χ4n) is 1.96. The van der Waals surface area contributed by atoms with Gasteiger partial charge in [-0.25, -0.2) is 8.78 Å². The van der Waals surface area contributed by atoms with Gasteiger partial charge in [0.25, 0.3) is 0 Å². The molecule has 4 heteroatoms. The van der Waals surface area contributed by atoms with Gasteiger partial charge in [0.1, 0.15) is 11.6 Å². The molecule has 0 aliphatic carbocycles. The van der Waals surface area contributed by atoms with Gasteiger partial charge in [-0.1, -0.05) is 27.7 Å². The molecular weight excluding hydrogens is 312 g/mol. The summed E-state index contributed by atoms with van der Waals surface area (Å²) in [6.45, 7) is 9.16. The number of hydrogen-bond donors (Lipinski definition) is 1. The Bertz CT molecular complexity index is 427. The highest BCUT2D eigenvalue weighted by molar-refractivity contribution is 9.10. The molecule has 108 valence electrons. The Morgan fingerprint density at radius 3 is 2.42 bits per heavy atom. The van der Waals surface area contributed by atoms with Gasteiger partial charge < -0.3 is 5.32 Å². The molecule has 0 bridgehead atoms. The highest BCUT2D eigenvalue weighted by Gasteiger charge is 2.27. The molecule has 0 saturated heterocycles. The van der Waals surface area contributed by atoms with E-state index in [2.05, 4.69) is 48.9 Å². The number of hydrogen-bond acceptors (Lipinski definition) is 1. The summed E-state index contributed by atoms with van der Waals surface area (Å²) in [5, 5.41) is 3.38. The minimum absolute atomic E-state index is 0.0331. The van der Waals surface area contributed by atoms with Gasteiger partial charge in [0.2, 0.25) is 0 Å². The largest absolute Gasteiger partial charge is 0.313 e. The van der Waals surface area contributed by atoms with Gasteiger partial charge in [-0.15, -0.1) is 0 Å². The molecular formula is C15H22BrF2N. The summed E-state index contributed by atoms with van der Waals surface area (Å²) in [4.78, 5) is 0. The van der Waals surface area contributed by atoms with E-state index in [0.29, 0.717) is 10.9 Å². The minimum Gasteiger partial charge on any atom is -0.313 e. The average Bonchev–Trinajstić information content (AvgIpc) is 2.32. The fourth-order valence-corrected chi connectivity index (χ4v) is 2.33. The smallest absolute Gasteiger partial charge is 0.143 e. The van der Waals surface area contributed by atoms with Crippen LogP contribution in [0.5, 0.6) is 0 Å². The van der Waals surface area contributed by atoms with Crippen molar-refractivity contribution in [2.24, 2.45) is 5.41 Å². The van der Waals surface area contributed by atoms with Crippen LogP contribution in [-0.4, -0.2) is 12.6 Å². The summed E-state index contributed by atoms with van der Waals surface area (Å²) in [7, 11) is 0. The van der Waals surface area contributed by atoms with Crippen LogP contribution in [0.2, 0.25) is 0 Å². The van der Waals surface area contributed by atoms with Gasteiger partial charge >= 0.3 is 0 Å². The predicted molar refractivity (Wildman–Crippen MR) is 79.3 cm³/mol. The minimum atomic E-state index is -0.493. The third-order valence-corrected chi connectivity index (χ3v) is 3.85. The van der Waals surface area contributed by atoms with Crippen molar-refractivity contribution in [1.82, 2.24) is 5.32 Å². The Kier molecular flexibility index (Phi) is 5.93. The van der Waals surface area contributed by atoms with Crippen LogP contribution in [0.1, 0.15) is 39.7 Å². The van der Waals surface area contributed by atoms with Crippen LogP contribution < -0.4 is 5.32 Å². The molecule has 0 fully saturated rings. The van der Waals surface area contributed by atoms with Crippen molar-refractivity contribution in [2.45, 2.75) is 46.6 Å². The highest BCUT2D eigenvalue weighted by Crippen LogP contribution is 2.27. The highest BCUT2D eigenvalue weighted by atomic mass is 79.9. The lowest BCUT2D eigenvalue weighted by molar-refractivity contribution is 0.263. The molecule has 0 aliphatic rings. The van der Waals surface area contributed by atoms with Gasteiger partial charge in [0.15, 0.2) is 0 Å². The molecule has 1 rings (SSSR count). The average molecular weight is 334 g/mol. The van der Waals surface area contributed by atoms with Crippen LogP contribution in [0.15, 0.2) is 16.6 Å². The van der Waals surface area contributed by atoms with Crippen LogP contribution in [0.3, 0.4) is 0 Å². The van der Waals surface area contributed by atoms with Gasteiger partial charge in [0.05, 0.1) is 4.47 Å². The first-order valence-electron chi connectivity index (χ1n) is 6.63. The summed E-state index contributed by atoms with van der Waals surface area (Å²) in [5.41, 5.74) is 0.0917. The van der Waals surface area contributed by atoms with E-state index in [-0.39, 0.29) is 17.0 Å². The SMILES string of the molecule is CCCNC(Cc1c(F)ccc(Br)c1F)C(C)(C)C. The van der Waals surface area contributed by atoms with Crippen molar-refractivity contribution >= 4 is 15.9 Å². The van der Waals surface area contributed by atoms with Gasteiger partial charge in [-0.2, -0.15) is 0 Å². The van der Waals surface area contributed by atoms with Crippen LogP contribution in [0.25, 0.3) is 0 Å². The van der Waals surface area contributed by atoms with E-state index in [0.717, 1.165) is 13.0 Å². The molecule has 0 heterocycles. The van der Waals surface area contributed by atoms with Gasteiger partial charge in [0, 0.05) is 11.6 Å². The van der Waals surface area contributed by atoms with Gasteiger partial charge in [-0.05, 0) is 52.9 Å². The Balaban J connectivity index is 2.99. The second kappa shape index (κ2) is 6.80. The third kappa shape index (κ3) is 4.53. The van der Waals surface area contributed by atoms with E-state index in [1.165, 1.54) is 12.1 Å². The molecule has 1 unspecified atom stereocenters. The predicted octanol–water partition coefficient (Wildman–Crippen LogP) is 4.68. The first-order valence-corrected chi connectivity index (χ1v) is 7.42. The van der Waals surface area contributed by atoms with E-state index in [1.807, 2.05) is 0 Å². The zero-order chi connectivity index (χ0) is 14.6. The van der Waals surface area contributed by atoms with E-state index < -0.39 is 11.6 Å². The molecule has 1 atom stereocenters. The molecule has 1 aromatic carbocycles. The molecule has 0 aliphatic heterocycles. The van der Waals surface area contributed by atoms with E-state index >= 15 is 0 Å². The van der Waals surface area contributed by atoms with Gasteiger partial charge in [-0.3, -0.25) is 0 Å². The van der Waals surface area contributed by atoms with E-state index in [9.17, 15) is 8.78 Å². The maximum Gasteiger partial charge on any atom is 0.143 e. The molecule has 1 aromatic rings. The Hall–Kier alpha value is -0.480. The molecule has 1 N–H and O–H groups in total. The first kappa shape index (κ1) is 16.6. The second-order valence-corrected chi connectivity index (χ2v) is 6.75. The normalized spacial score (nSPS) is 13.6. The first-order chi connectivity index (χ1) is 8.77. The molecule has 0 spiro atoms. The maximum absolute atomic E-state index is 14.0. The zero-order valence-corrected chi connectivity index (χ0v) is 13.6. The molecule has 0 saturated carbocycles. The molecule has 0 amide bonds. The van der Waals surface area contributed by atoms with Crippen molar-refractivity contribution in [1.29, 1.82) is 0 Å². The third-order valence-electron chi connectivity index (χ3n) is 3.23. The Morgan fingerprint density at radius 2 is 1.89 bits per heavy atom. The zero-order valence-electron chi connectivity index (χ0n) is 12.0. The van der Waals surface area contributed by atoms with Crippen molar-refractivity contribution in [3.05, 3.63) is 33.8 Å². The van der Waals surface area contributed by atoms with Crippen LogP contribution in [0, 0.1) is 17.0 Å². The van der Waals surface area contributed by atoms with E-state index in [1.54, 1.807) is 0 Å². The molecule has 1 nitrogen and oxygen atoms in total. The van der Waals surface area contributed by atoms with Crippen LogP contribution in [0.4, 0.5) is 8.78 Å². The van der Waals surface area contributed by atoms with Crippen molar-refractivity contribution < 1.29 is 8.78 Å². The van der Waals surface area contributed by atoms with Crippen LogP contribution >= 0.6 is 15.9 Å². The Labute approximate surface area is 122 Å². The number of benzene rings is 1. The van der Waals surface area contributed by atoms with Crippen LogP contribution in [-0.2, 0) is 6.42 Å². The summed E-state index contributed by atoms with van der Waals surface area (Å²) in [6.07, 6.45) is 1.34. The fraction of sp³-hybridized carbons (Fsp3) is 0.600. The number of nitrogens with one attached hydrogen (secondary N) is 1. The quantitative estimate of drug-likeness (QED) is 0.771. The Morgan fingerprint density at radius 1 is 1.26 bits per heavy atom. The monoisotopic (exact) mass is 333 g/mol. The second-order valence-electron chi connectivity index (χ2n) is 5.90. The van der Waals surface area contributed by atoms with Crippen molar-refractivity contribution in [3.63, 3.8) is 0 Å². The lowest BCUT2D eigenvalue weighted by Crippen LogP contribution is -2.42. The summed E-state index contributed by atoms with van der Waals surface area (Å²) in [6, 6.07) is 2.74. The lowest BCUT2D eigenvalue weighted by atomic mass is 9.82. The number of halogens is 3. The maximum atomic E-state index is 14.0. The lowest BCUT2D eigenvalue weighted by Gasteiger charge is -2.32. The summed E-state index contributed by atoms with van der Waals surface area (Å²) in [5.74, 6) is -0.971. The van der Waals surface area contributed by atoms with E-state index in [4.69, 9.17) is 0 Å². The van der Waals surface area contributed by atoms with Crippen molar-refractivity contribution in [3.8, 4) is 0 Å². The standard InChI is InChI=1S/C15H22BrF2N/c1-5-8-19-13(15(2,3)4)9-10-12(17)7-6-11(16)14(10)18/h6-7,13,19H,5,8-9H2,1-4H3. The molecule has 0 aromatic heterocycles. The summed E-state index contributed by atoms with van der Waals surface area (Å²) >= 11 is 3.11. The topological polar surface area (TPSA) is 12.0 Å². The molecule has 0 radical (unpaired) electrons. The molecule has 19 heavy (non-hydrogen) atoms. The van der Waals surface area contributed by atoms with Crippen molar-refractivity contribution in [2.75, 3.05) is 6.54 Å².